The minimum atomic E-state index is -1.31. The highest BCUT2D eigenvalue weighted by Crippen LogP contribution is 2.66. The van der Waals surface area contributed by atoms with E-state index in [0.29, 0.717) is 6.42 Å². The van der Waals surface area contributed by atoms with Crippen LogP contribution < -0.4 is 0 Å². The van der Waals surface area contributed by atoms with Crippen molar-refractivity contribution in [3.8, 4) is 12.3 Å². The number of hydrogen-bond donors (Lipinski definition) is 4. The van der Waals surface area contributed by atoms with Crippen molar-refractivity contribution in [1.82, 2.24) is 0 Å². The molecule has 0 aromatic rings. The van der Waals surface area contributed by atoms with Crippen molar-refractivity contribution in [1.29, 1.82) is 0 Å². The van der Waals surface area contributed by atoms with Crippen LogP contribution in [0.2, 0.25) is 0 Å². The molecule has 0 aliphatic heterocycles. The molecule has 0 bridgehead atoms. The smallest absolute Gasteiger partial charge is 0.133 e. The first-order chi connectivity index (χ1) is 11.7. The summed E-state index contributed by atoms with van der Waals surface area (Å²) in [6.45, 7) is 4.24. The third-order valence-electron chi connectivity index (χ3n) is 8.46. The molecule has 0 spiro atoms. The fourth-order valence-corrected chi connectivity index (χ4v) is 6.95. The van der Waals surface area contributed by atoms with Gasteiger partial charge in [-0.05, 0) is 55.3 Å². The average Bonchev–Trinajstić information content (AvgIpc) is 2.76. The van der Waals surface area contributed by atoms with Gasteiger partial charge in [-0.1, -0.05) is 31.4 Å². The first-order valence-corrected chi connectivity index (χ1v) is 9.62. The van der Waals surface area contributed by atoms with Crippen LogP contribution in [0.3, 0.4) is 0 Å². The molecule has 4 N–H and O–H groups in total. The zero-order chi connectivity index (χ0) is 18.2. The van der Waals surface area contributed by atoms with Crippen LogP contribution in [0, 0.1) is 40.9 Å². The summed E-state index contributed by atoms with van der Waals surface area (Å²) >= 11 is 0. The Labute approximate surface area is 150 Å². The van der Waals surface area contributed by atoms with E-state index >= 15 is 0 Å². The summed E-state index contributed by atoms with van der Waals surface area (Å²) in [4.78, 5) is 0. The van der Waals surface area contributed by atoms with Gasteiger partial charge in [0.1, 0.15) is 5.60 Å². The number of hydrogen-bond acceptors (Lipinski definition) is 4. The summed E-state index contributed by atoms with van der Waals surface area (Å²) in [5.74, 6) is 2.51. The van der Waals surface area contributed by atoms with Crippen molar-refractivity contribution in [3.63, 3.8) is 0 Å². The molecule has 3 fully saturated rings. The second-order valence-corrected chi connectivity index (χ2v) is 9.44. The van der Waals surface area contributed by atoms with Crippen LogP contribution in [0.5, 0.6) is 0 Å². The molecule has 0 heterocycles. The predicted octanol–water partition coefficient (Wildman–Crippen LogP) is 1.62. The summed E-state index contributed by atoms with van der Waals surface area (Å²) in [6, 6.07) is 0. The molecule has 3 saturated carbocycles. The van der Waals surface area contributed by atoms with Crippen molar-refractivity contribution in [2.24, 2.45) is 28.6 Å². The second-order valence-electron chi connectivity index (χ2n) is 9.44. The Kier molecular flexibility index (Phi) is 3.74. The number of aliphatic hydroxyl groups excluding tert-OH is 3. The number of aliphatic hydroxyl groups is 4. The van der Waals surface area contributed by atoms with E-state index in [-0.39, 0.29) is 35.7 Å². The Morgan fingerprint density at radius 2 is 1.88 bits per heavy atom. The van der Waals surface area contributed by atoms with Gasteiger partial charge in [0, 0.05) is 11.8 Å². The molecule has 0 saturated heterocycles. The molecule has 4 heteroatoms. The van der Waals surface area contributed by atoms with Crippen LogP contribution in [0.25, 0.3) is 0 Å². The minimum Gasteiger partial charge on any atom is -0.393 e. The molecule has 0 amide bonds. The number of rotatable bonds is 0. The van der Waals surface area contributed by atoms with E-state index in [1.54, 1.807) is 0 Å². The fourth-order valence-electron chi connectivity index (χ4n) is 6.95. The summed E-state index contributed by atoms with van der Waals surface area (Å²) in [5.41, 5.74) is -0.751. The molecule has 138 valence electrons. The Morgan fingerprint density at radius 3 is 2.56 bits per heavy atom. The van der Waals surface area contributed by atoms with Gasteiger partial charge in [-0.15, -0.1) is 6.42 Å². The molecule has 0 aromatic carbocycles. The van der Waals surface area contributed by atoms with Gasteiger partial charge in [-0.2, -0.15) is 0 Å². The van der Waals surface area contributed by atoms with Gasteiger partial charge >= 0.3 is 0 Å². The Balaban J connectivity index is 1.78. The van der Waals surface area contributed by atoms with Crippen molar-refractivity contribution < 1.29 is 20.4 Å². The zero-order valence-corrected chi connectivity index (χ0v) is 15.2. The van der Waals surface area contributed by atoms with Crippen molar-refractivity contribution in [2.75, 3.05) is 0 Å². The maximum absolute atomic E-state index is 11.0. The minimum absolute atomic E-state index is 0.0406. The van der Waals surface area contributed by atoms with Crippen LogP contribution in [0.4, 0.5) is 0 Å². The normalized spacial score (nSPS) is 57.7. The molecule has 9 atom stereocenters. The lowest BCUT2D eigenvalue weighted by molar-refractivity contribution is -0.136. The van der Waals surface area contributed by atoms with Crippen molar-refractivity contribution in [3.05, 3.63) is 11.6 Å². The number of fused-ring (bicyclic) bond motifs is 5. The van der Waals surface area contributed by atoms with Gasteiger partial charge in [0.2, 0.25) is 0 Å². The quantitative estimate of drug-likeness (QED) is 0.397. The van der Waals surface area contributed by atoms with E-state index in [4.69, 9.17) is 6.42 Å². The van der Waals surface area contributed by atoms with Crippen molar-refractivity contribution >= 4 is 0 Å². The molecule has 25 heavy (non-hydrogen) atoms. The molecular formula is C21H30O4. The first-order valence-electron chi connectivity index (χ1n) is 9.62. The Hall–Kier alpha value is -0.860. The Bertz CT molecular complexity index is 651. The summed E-state index contributed by atoms with van der Waals surface area (Å²) in [5, 5.41) is 42.8. The van der Waals surface area contributed by atoms with Crippen LogP contribution >= 0.6 is 0 Å². The van der Waals surface area contributed by atoms with Crippen LogP contribution in [-0.4, -0.2) is 44.3 Å². The van der Waals surface area contributed by atoms with Crippen LogP contribution in [0.15, 0.2) is 11.6 Å². The lowest BCUT2D eigenvalue weighted by Gasteiger charge is -2.59. The third-order valence-corrected chi connectivity index (χ3v) is 8.46. The lowest BCUT2D eigenvalue weighted by atomic mass is 9.46. The highest BCUT2D eigenvalue weighted by Gasteiger charge is 2.67. The van der Waals surface area contributed by atoms with Crippen LogP contribution in [-0.2, 0) is 0 Å². The molecule has 4 aliphatic carbocycles. The van der Waals surface area contributed by atoms with E-state index in [9.17, 15) is 20.4 Å². The molecule has 0 radical (unpaired) electrons. The van der Waals surface area contributed by atoms with Gasteiger partial charge < -0.3 is 20.4 Å². The van der Waals surface area contributed by atoms with Gasteiger partial charge in [0.05, 0.1) is 18.3 Å². The number of terminal acetylenes is 1. The molecule has 0 aromatic heterocycles. The highest BCUT2D eigenvalue weighted by atomic mass is 16.3. The van der Waals surface area contributed by atoms with E-state index < -0.39 is 23.2 Å². The monoisotopic (exact) mass is 346 g/mol. The van der Waals surface area contributed by atoms with E-state index in [1.165, 1.54) is 5.57 Å². The lowest BCUT2D eigenvalue weighted by Crippen LogP contribution is -2.58. The van der Waals surface area contributed by atoms with Crippen LogP contribution in [0.1, 0.15) is 52.4 Å². The third kappa shape index (κ3) is 2.10. The average molecular weight is 346 g/mol. The fraction of sp³-hybridized carbons (Fsp3) is 0.810. The maximum Gasteiger partial charge on any atom is 0.133 e. The SMILES string of the molecule is C#C[C@]1(O)C[C@H](O)C2C3C(CC[C@@]21C)[C@@]1(C)CC[C@H](O)CC1=C[C@@H]3O. The van der Waals surface area contributed by atoms with Gasteiger partial charge in [-0.25, -0.2) is 0 Å². The molecule has 4 nitrogen and oxygen atoms in total. The molecule has 4 rings (SSSR count). The summed E-state index contributed by atoms with van der Waals surface area (Å²) < 4.78 is 0. The Morgan fingerprint density at radius 1 is 1.16 bits per heavy atom. The summed E-state index contributed by atoms with van der Waals surface area (Å²) in [7, 11) is 0. The summed E-state index contributed by atoms with van der Waals surface area (Å²) in [6.07, 6.45) is 10.1. The van der Waals surface area contributed by atoms with Gasteiger partial charge in [0.25, 0.3) is 0 Å². The highest BCUT2D eigenvalue weighted by molar-refractivity contribution is 5.31. The van der Waals surface area contributed by atoms with Crippen molar-refractivity contribution in [2.45, 2.75) is 76.3 Å². The standard InChI is InChI=1S/C21H30O4/c1-4-21(25)11-16(24)18-17-14(6-8-20(18,21)3)19(2)7-5-13(22)9-12(19)10-15(17)23/h1,10,13-18,22-25H,5-9,11H2,2-3H3/t13-,14?,15-,16-,17?,18?,19-,20-,21-/m0/s1. The molecular weight excluding hydrogens is 316 g/mol. The largest absolute Gasteiger partial charge is 0.393 e. The van der Waals surface area contributed by atoms with Gasteiger partial charge in [-0.3, -0.25) is 0 Å². The molecule has 3 unspecified atom stereocenters. The topological polar surface area (TPSA) is 80.9 Å². The molecule has 4 aliphatic rings. The zero-order valence-electron chi connectivity index (χ0n) is 15.2. The predicted molar refractivity (Wildman–Crippen MR) is 94.3 cm³/mol. The van der Waals surface area contributed by atoms with E-state index in [0.717, 1.165) is 25.7 Å². The maximum atomic E-state index is 11.0. The van der Waals surface area contributed by atoms with Gasteiger partial charge in [0.15, 0.2) is 0 Å². The first kappa shape index (κ1) is 17.5. The van der Waals surface area contributed by atoms with E-state index in [2.05, 4.69) is 12.8 Å². The van der Waals surface area contributed by atoms with E-state index in [1.807, 2.05) is 13.0 Å². The second kappa shape index (κ2) is 5.33.